The van der Waals surface area contributed by atoms with Crippen LogP contribution in [-0.2, 0) is 9.53 Å². The van der Waals surface area contributed by atoms with Crippen molar-refractivity contribution < 1.29 is 9.53 Å². The van der Waals surface area contributed by atoms with Crippen LogP contribution in [-0.4, -0.2) is 88.7 Å². The third-order valence-electron chi connectivity index (χ3n) is 6.18. The van der Waals surface area contributed by atoms with Gasteiger partial charge in [0.2, 0.25) is 5.91 Å². The van der Waals surface area contributed by atoms with Gasteiger partial charge in [-0.25, -0.2) is 0 Å². The molecule has 0 aromatic heterocycles. The highest BCUT2D eigenvalue weighted by Crippen LogP contribution is 2.39. The van der Waals surface area contributed by atoms with Crippen molar-refractivity contribution in [3.63, 3.8) is 0 Å². The van der Waals surface area contributed by atoms with Gasteiger partial charge in [-0.1, -0.05) is 12.8 Å². The number of likely N-dealkylation sites (tertiary alicyclic amines) is 1. The first-order chi connectivity index (χ1) is 13.5. The van der Waals surface area contributed by atoms with Crippen LogP contribution >= 0.6 is 24.0 Å². The maximum atomic E-state index is 12.8. The van der Waals surface area contributed by atoms with Crippen LogP contribution in [0.2, 0.25) is 0 Å². The molecule has 1 aliphatic heterocycles. The first kappa shape index (κ1) is 26.4. The monoisotopic (exact) mass is 523 g/mol. The van der Waals surface area contributed by atoms with Gasteiger partial charge in [0, 0.05) is 40.8 Å². The van der Waals surface area contributed by atoms with E-state index in [9.17, 15) is 4.79 Å². The Labute approximate surface area is 194 Å². The molecule has 0 unspecified atom stereocenters. The van der Waals surface area contributed by atoms with Crippen LogP contribution in [0.15, 0.2) is 4.99 Å². The second-order valence-electron chi connectivity index (χ2n) is 8.54. The summed E-state index contributed by atoms with van der Waals surface area (Å²) in [7, 11) is 5.48. The van der Waals surface area contributed by atoms with E-state index in [2.05, 4.69) is 22.5 Å². The van der Waals surface area contributed by atoms with E-state index in [-0.39, 0.29) is 35.3 Å². The van der Waals surface area contributed by atoms with Crippen molar-refractivity contribution in [1.82, 2.24) is 20.4 Å². The van der Waals surface area contributed by atoms with Crippen LogP contribution in [0.3, 0.4) is 0 Å². The molecule has 0 radical (unpaired) electrons. The summed E-state index contributed by atoms with van der Waals surface area (Å²) in [5.41, 5.74) is -0.307. The highest BCUT2D eigenvalue weighted by atomic mass is 127. The molecule has 0 bridgehead atoms. The Balaban J connectivity index is 0.00000420. The molecule has 2 N–H and O–H groups in total. The predicted octanol–water partition coefficient (Wildman–Crippen LogP) is 2.17. The molecule has 1 saturated heterocycles. The minimum absolute atomic E-state index is 0. The standard InChI is InChI=1S/C21H41N5O2.HI/c1-5-22-20(23-16-18-8-12-26(13-9-18)14-15-28-4)24-17-21(10-6-7-11-21)19(27)25(2)3;/h18H,5-17H2,1-4H3,(H2,22,23,24);1H. The summed E-state index contributed by atoms with van der Waals surface area (Å²) in [5, 5.41) is 6.88. The maximum absolute atomic E-state index is 12.8. The number of carbonyl (C=O) groups excluding carboxylic acids is 1. The fourth-order valence-electron chi connectivity index (χ4n) is 4.41. The number of nitrogens with zero attached hydrogens (tertiary/aromatic N) is 3. The number of hydrogen-bond donors (Lipinski definition) is 2. The molecule has 1 amide bonds. The summed E-state index contributed by atoms with van der Waals surface area (Å²) in [5.74, 6) is 1.75. The van der Waals surface area contributed by atoms with E-state index in [0.29, 0.717) is 12.5 Å². The number of guanidine groups is 1. The van der Waals surface area contributed by atoms with Crippen molar-refractivity contribution in [2.24, 2.45) is 16.3 Å². The molecule has 170 valence electrons. The summed E-state index contributed by atoms with van der Waals surface area (Å²) >= 11 is 0. The summed E-state index contributed by atoms with van der Waals surface area (Å²) in [4.78, 5) is 21.8. The molecule has 1 aliphatic carbocycles. The van der Waals surface area contributed by atoms with E-state index in [1.54, 1.807) is 12.0 Å². The lowest BCUT2D eigenvalue weighted by Crippen LogP contribution is -2.45. The van der Waals surface area contributed by atoms with E-state index in [1.807, 2.05) is 14.1 Å². The largest absolute Gasteiger partial charge is 0.383 e. The van der Waals surface area contributed by atoms with E-state index in [1.165, 1.54) is 12.8 Å². The van der Waals surface area contributed by atoms with Gasteiger partial charge < -0.3 is 25.2 Å². The molecule has 2 aliphatic rings. The number of nitrogens with one attached hydrogen (secondary N) is 2. The average Bonchev–Trinajstić information content (AvgIpc) is 3.18. The number of piperidine rings is 1. The third kappa shape index (κ3) is 8.20. The molecular weight excluding hydrogens is 481 g/mol. The number of hydrogen-bond acceptors (Lipinski definition) is 4. The highest BCUT2D eigenvalue weighted by molar-refractivity contribution is 14.0. The summed E-state index contributed by atoms with van der Waals surface area (Å²) < 4.78 is 5.18. The van der Waals surface area contributed by atoms with Crippen LogP contribution in [0.4, 0.5) is 0 Å². The zero-order valence-corrected chi connectivity index (χ0v) is 21.2. The number of carbonyl (C=O) groups is 1. The lowest BCUT2D eigenvalue weighted by Gasteiger charge is -2.32. The Morgan fingerprint density at radius 2 is 1.86 bits per heavy atom. The van der Waals surface area contributed by atoms with Crippen molar-refractivity contribution in [3.8, 4) is 0 Å². The van der Waals surface area contributed by atoms with E-state index in [4.69, 9.17) is 9.73 Å². The van der Waals surface area contributed by atoms with Crippen LogP contribution < -0.4 is 10.6 Å². The van der Waals surface area contributed by atoms with Crippen molar-refractivity contribution in [1.29, 1.82) is 0 Å². The van der Waals surface area contributed by atoms with E-state index < -0.39 is 0 Å². The van der Waals surface area contributed by atoms with Crippen LogP contribution in [0.25, 0.3) is 0 Å². The molecule has 0 aromatic carbocycles. The lowest BCUT2D eigenvalue weighted by atomic mass is 9.85. The maximum Gasteiger partial charge on any atom is 0.230 e. The SMILES string of the molecule is CCNC(=NCC1(C(=O)N(C)C)CCCC1)NCC1CCN(CCOC)CC1.I. The Hall–Kier alpha value is -0.610. The molecular formula is C21H42IN5O2. The number of rotatable bonds is 9. The molecule has 8 heteroatoms. The fourth-order valence-corrected chi connectivity index (χ4v) is 4.41. The first-order valence-corrected chi connectivity index (χ1v) is 11.0. The molecule has 7 nitrogen and oxygen atoms in total. The lowest BCUT2D eigenvalue weighted by molar-refractivity contribution is -0.138. The number of halogens is 1. The molecule has 1 heterocycles. The van der Waals surface area contributed by atoms with Gasteiger partial charge in [-0.2, -0.15) is 0 Å². The topological polar surface area (TPSA) is 69.2 Å². The van der Waals surface area contributed by atoms with E-state index >= 15 is 0 Å². The van der Waals surface area contributed by atoms with Gasteiger partial charge >= 0.3 is 0 Å². The van der Waals surface area contributed by atoms with Gasteiger partial charge in [0.25, 0.3) is 0 Å². The molecule has 1 saturated carbocycles. The van der Waals surface area contributed by atoms with Gasteiger partial charge in [0.15, 0.2) is 5.96 Å². The Kier molecular flexibility index (Phi) is 12.4. The average molecular weight is 524 g/mol. The molecule has 0 atom stereocenters. The van der Waals surface area contributed by atoms with Crippen LogP contribution in [0.5, 0.6) is 0 Å². The van der Waals surface area contributed by atoms with Gasteiger partial charge in [-0.3, -0.25) is 9.79 Å². The van der Waals surface area contributed by atoms with Gasteiger partial charge in [-0.05, 0) is 51.6 Å². The van der Waals surface area contributed by atoms with Crippen LogP contribution in [0.1, 0.15) is 45.4 Å². The smallest absolute Gasteiger partial charge is 0.230 e. The van der Waals surface area contributed by atoms with Gasteiger partial charge in [0.05, 0.1) is 18.6 Å². The van der Waals surface area contributed by atoms with Crippen molar-refractivity contribution in [2.75, 3.05) is 67.1 Å². The molecule has 2 fully saturated rings. The molecule has 0 aromatic rings. The summed E-state index contributed by atoms with van der Waals surface area (Å²) in [6.45, 7) is 8.56. The van der Waals surface area contributed by atoms with Crippen molar-refractivity contribution in [3.05, 3.63) is 0 Å². The minimum Gasteiger partial charge on any atom is -0.383 e. The van der Waals surface area contributed by atoms with Crippen LogP contribution in [0, 0.1) is 11.3 Å². The second kappa shape index (κ2) is 13.6. The Morgan fingerprint density at radius 1 is 1.21 bits per heavy atom. The Bertz CT molecular complexity index is 501. The zero-order chi connectivity index (χ0) is 20.4. The Morgan fingerprint density at radius 3 is 2.41 bits per heavy atom. The number of amides is 1. The van der Waals surface area contributed by atoms with Gasteiger partial charge in [-0.15, -0.1) is 24.0 Å². The number of methoxy groups -OCH3 is 1. The van der Waals surface area contributed by atoms with Crippen molar-refractivity contribution >= 4 is 35.8 Å². The van der Waals surface area contributed by atoms with Crippen molar-refractivity contribution in [2.45, 2.75) is 45.4 Å². The summed E-state index contributed by atoms with van der Waals surface area (Å²) in [6, 6.07) is 0. The van der Waals surface area contributed by atoms with Gasteiger partial charge in [0.1, 0.15) is 0 Å². The highest BCUT2D eigenvalue weighted by Gasteiger charge is 2.42. The first-order valence-electron chi connectivity index (χ1n) is 11.0. The third-order valence-corrected chi connectivity index (χ3v) is 6.18. The van der Waals surface area contributed by atoms with E-state index in [0.717, 1.165) is 71.0 Å². The number of aliphatic imine (C=N–C) groups is 1. The molecule has 2 rings (SSSR count). The molecule has 0 spiro atoms. The summed E-state index contributed by atoms with van der Waals surface area (Å²) in [6.07, 6.45) is 6.57. The normalized spacial score (nSPS) is 20.2. The molecule has 29 heavy (non-hydrogen) atoms. The second-order valence-corrected chi connectivity index (χ2v) is 8.54. The predicted molar refractivity (Wildman–Crippen MR) is 130 cm³/mol. The fraction of sp³-hybridized carbons (Fsp3) is 0.905. The quantitative estimate of drug-likeness (QED) is 0.276. The number of ether oxygens (including phenoxy) is 1. The zero-order valence-electron chi connectivity index (χ0n) is 18.8. The minimum atomic E-state index is -0.307.